The second-order valence-electron chi connectivity index (χ2n) is 7.11. The van der Waals surface area contributed by atoms with Gasteiger partial charge in [0, 0.05) is 41.8 Å². The fourth-order valence-corrected chi connectivity index (χ4v) is 3.98. The first-order chi connectivity index (χ1) is 13.9. The van der Waals surface area contributed by atoms with Gasteiger partial charge in [-0.2, -0.15) is 0 Å². The third-order valence-corrected chi connectivity index (χ3v) is 5.41. The molecule has 0 amide bonds. The van der Waals surface area contributed by atoms with Crippen molar-refractivity contribution in [1.29, 1.82) is 0 Å². The fraction of sp³-hybridized carbons (Fsp3) is 0.208. The molecule has 0 spiro atoms. The number of hydrogen-bond acceptors (Lipinski definition) is 4. The van der Waals surface area contributed by atoms with Gasteiger partial charge in [-0.3, -0.25) is 4.99 Å². The highest BCUT2D eigenvalue weighted by Gasteiger charge is 2.20. The molecule has 0 atom stereocenters. The number of fused-ring (bicyclic) bond motifs is 1. The minimum atomic E-state index is 0.633. The Labute approximate surface area is 165 Å². The van der Waals surface area contributed by atoms with Crippen molar-refractivity contribution in [2.75, 3.05) is 42.8 Å². The van der Waals surface area contributed by atoms with Gasteiger partial charge < -0.3 is 14.5 Å². The number of nitrogens with zero attached hydrogens (tertiary/aromatic N) is 3. The van der Waals surface area contributed by atoms with Crippen LogP contribution in [-0.4, -0.2) is 39.2 Å². The number of rotatable bonds is 3. The normalized spacial score (nSPS) is 16.1. The van der Waals surface area contributed by atoms with Crippen molar-refractivity contribution in [2.45, 2.75) is 0 Å². The lowest BCUT2D eigenvalue weighted by atomic mass is 9.98. The molecule has 0 aromatic heterocycles. The summed E-state index contributed by atoms with van der Waals surface area (Å²) in [7, 11) is 0. The van der Waals surface area contributed by atoms with Crippen LogP contribution in [0.4, 0.5) is 17.1 Å². The third kappa shape index (κ3) is 3.16. The van der Waals surface area contributed by atoms with E-state index in [-0.39, 0.29) is 0 Å². The Morgan fingerprint density at radius 1 is 0.750 bits per heavy atom. The van der Waals surface area contributed by atoms with E-state index in [1.54, 1.807) is 0 Å². The molecular formula is C24H23N3O. The Kier molecular flexibility index (Phi) is 4.55. The lowest BCUT2D eigenvalue weighted by molar-refractivity contribution is 0.122. The van der Waals surface area contributed by atoms with Crippen molar-refractivity contribution >= 4 is 23.3 Å². The monoisotopic (exact) mass is 369 g/mol. The van der Waals surface area contributed by atoms with Crippen molar-refractivity contribution in [2.24, 2.45) is 4.99 Å². The van der Waals surface area contributed by atoms with Crippen molar-refractivity contribution in [3.05, 3.63) is 78.4 Å². The molecule has 1 saturated heterocycles. The maximum absolute atomic E-state index is 5.47. The fourth-order valence-electron chi connectivity index (χ4n) is 3.98. The van der Waals surface area contributed by atoms with Crippen LogP contribution in [0.3, 0.4) is 0 Å². The van der Waals surface area contributed by atoms with Crippen LogP contribution in [0.15, 0.2) is 77.8 Å². The first-order valence-corrected chi connectivity index (χ1v) is 9.79. The Morgan fingerprint density at radius 3 is 2.29 bits per heavy atom. The van der Waals surface area contributed by atoms with E-state index in [1.165, 1.54) is 28.2 Å². The highest BCUT2D eigenvalue weighted by Crippen LogP contribution is 2.39. The average Bonchev–Trinajstić information content (AvgIpc) is 2.79. The second kappa shape index (κ2) is 7.49. The molecule has 28 heavy (non-hydrogen) atoms. The van der Waals surface area contributed by atoms with E-state index in [0.717, 1.165) is 31.9 Å². The van der Waals surface area contributed by atoms with E-state index < -0.39 is 0 Å². The highest BCUT2D eigenvalue weighted by atomic mass is 16.5. The van der Waals surface area contributed by atoms with Gasteiger partial charge >= 0.3 is 0 Å². The predicted octanol–water partition coefficient (Wildman–Crippen LogP) is 4.72. The van der Waals surface area contributed by atoms with Crippen LogP contribution in [-0.2, 0) is 4.74 Å². The lowest BCUT2D eigenvalue weighted by Gasteiger charge is -2.32. The number of para-hydroxylation sites is 1. The summed E-state index contributed by atoms with van der Waals surface area (Å²) in [5, 5.41) is 0. The molecule has 3 aromatic rings. The van der Waals surface area contributed by atoms with E-state index in [1.807, 2.05) is 6.21 Å². The Balaban J connectivity index is 1.52. The second-order valence-corrected chi connectivity index (χ2v) is 7.11. The number of morpholine rings is 1. The van der Waals surface area contributed by atoms with Gasteiger partial charge in [-0.1, -0.05) is 48.5 Å². The molecule has 3 aromatic carbocycles. The van der Waals surface area contributed by atoms with Crippen molar-refractivity contribution in [3.63, 3.8) is 0 Å². The van der Waals surface area contributed by atoms with Gasteiger partial charge in [0.2, 0.25) is 0 Å². The summed E-state index contributed by atoms with van der Waals surface area (Å²) in [6, 6.07) is 25.9. The van der Waals surface area contributed by atoms with Gasteiger partial charge in [-0.25, -0.2) is 0 Å². The molecule has 0 unspecified atom stereocenters. The number of aliphatic imine (C=N–C) groups is 1. The number of benzene rings is 3. The topological polar surface area (TPSA) is 28.1 Å². The summed E-state index contributed by atoms with van der Waals surface area (Å²) in [5.41, 5.74) is 7.27. The van der Waals surface area contributed by atoms with Crippen molar-refractivity contribution < 1.29 is 4.74 Å². The molecule has 0 radical (unpaired) electrons. The number of ether oxygens (including phenoxy) is 1. The Morgan fingerprint density at radius 2 is 1.50 bits per heavy atom. The summed E-state index contributed by atoms with van der Waals surface area (Å²) in [4.78, 5) is 9.28. The summed E-state index contributed by atoms with van der Waals surface area (Å²) >= 11 is 0. The van der Waals surface area contributed by atoms with Gasteiger partial charge in [0.05, 0.1) is 18.9 Å². The maximum Gasteiger partial charge on any atom is 0.114 e. The third-order valence-electron chi connectivity index (χ3n) is 5.41. The van der Waals surface area contributed by atoms with Crippen LogP contribution in [0.5, 0.6) is 0 Å². The average molecular weight is 369 g/mol. The molecule has 0 aliphatic carbocycles. The van der Waals surface area contributed by atoms with Gasteiger partial charge in [0.1, 0.15) is 6.67 Å². The number of anilines is 3. The SMILES string of the molecule is C1=NCN(c2ccc(N3CCOCC3)cc2)c2c1cccc2-c1ccccc1. The summed E-state index contributed by atoms with van der Waals surface area (Å²) in [6.07, 6.45) is 1.99. The summed E-state index contributed by atoms with van der Waals surface area (Å²) < 4.78 is 5.47. The van der Waals surface area contributed by atoms with Gasteiger partial charge in [0.25, 0.3) is 0 Å². The zero-order valence-corrected chi connectivity index (χ0v) is 15.8. The van der Waals surface area contributed by atoms with Crippen molar-refractivity contribution in [1.82, 2.24) is 0 Å². The van der Waals surface area contributed by atoms with Gasteiger partial charge in [-0.05, 0) is 29.8 Å². The zero-order chi connectivity index (χ0) is 18.8. The van der Waals surface area contributed by atoms with Crippen LogP contribution in [0.25, 0.3) is 11.1 Å². The van der Waals surface area contributed by atoms with E-state index in [0.29, 0.717) is 6.67 Å². The molecule has 2 heterocycles. The standard InChI is InChI=1S/C24H23N3O/c1-2-5-19(6-3-1)23-8-4-7-20-17-25-18-27(24(20)23)22-11-9-21(10-12-22)26-13-15-28-16-14-26/h1-12,17H,13-16,18H2. The van der Waals surface area contributed by atoms with Crippen LogP contribution < -0.4 is 9.80 Å². The molecule has 2 aliphatic rings. The highest BCUT2D eigenvalue weighted by molar-refractivity contribution is 5.98. The van der Waals surface area contributed by atoms with E-state index >= 15 is 0 Å². The zero-order valence-electron chi connectivity index (χ0n) is 15.8. The molecule has 0 saturated carbocycles. The molecular weight excluding hydrogens is 346 g/mol. The van der Waals surface area contributed by atoms with Gasteiger partial charge in [-0.15, -0.1) is 0 Å². The van der Waals surface area contributed by atoms with Crippen LogP contribution in [0, 0.1) is 0 Å². The Hall–Kier alpha value is -3.11. The van der Waals surface area contributed by atoms with Gasteiger partial charge in [0.15, 0.2) is 0 Å². The van der Waals surface area contributed by atoms with E-state index in [4.69, 9.17) is 4.74 Å². The molecule has 2 aliphatic heterocycles. The quantitative estimate of drug-likeness (QED) is 0.669. The number of hydrogen-bond donors (Lipinski definition) is 0. The minimum absolute atomic E-state index is 0.633. The molecule has 0 bridgehead atoms. The molecule has 4 heteroatoms. The predicted molar refractivity (Wildman–Crippen MR) is 116 cm³/mol. The first kappa shape index (κ1) is 17.0. The van der Waals surface area contributed by atoms with Crippen LogP contribution >= 0.6 is 0 Å². The van der Waals surface area contributed by atoms with Crippen LogP contribution in [0.1, 0.15) is 5.56 Å². The maximum atomic E-state index is 5.47. The molecule has 5 rings (SSSR count). The summed E-state index contributed by atoms with van der Waals surface area (Å²) in [5.74, 6) is 0. The molecule has 1 fully saturated rings. The van der Waals surface area contributed by atoms with Crippen molar-refractivity contribution in [3.8, 4) is 11.1 Å². The Bertz CT molecular complexity index is 976. The molecule has 4 nitrogen and oxygen atoms in total. The molecule has 140 valence electrons. The van der Waals surface area contributed by atoms with E-state index in [2.05, 4.69) is 87.6 Å². The van der Waals surface area contributed by atoms with E-state index in [9.17, 15) is 0 Å². The smallest absolute Gasteiger partial charge is 0.114 e. The summed E-state index contributed by atoms with van der Waals surface area (Å²) in [6.45, 7) is 4.14. The largest absolute Gasteiger partial charge is 0.378 e. The lowest BCUT2D eigenvalue weighted by Crippen LogP contribution is -2.36. The first-order valence-electron chi connectivity index (χ1n) is 9.79. The minimum Gasteiger partial charge on any atom is -0.378 e. The van der Waals surface area contributed by atoms with Crippen LogP contribution in [0.2, 0.25) is 0 Å². The molecule has 0 N–H and O–H groups in total.